The Balaban J connectivity index is 1.42. The van der Waals surface area contributed by atoms with Gasteiger partial charge in [-0.15, -0.1) is 10.2 Å². The van der Waals surface area contributed by atoms with E-state index in [1.165, 1.54) is 17.4 Å². The molecular weight excluding hydrogens is 405 g/mol. The Morgan fingerprint density at radius 2 is 2.08 bits per heavy atom. The van der Waals surface area contributed by atoms with Gasteiger partial charge in [-0.1, -0.05) is 27.3 Å². The van der Waals surface area contributed by atoms with Crippen LogP contribution in [0.4, 0.5) is 9.52 Å². The number of halogens is 2. The van der Waals surface area contributed by atoms with Crippen LogP contribution in [0.1, 0.15) is 12.8 Å². The number of nitrogens with zero attached hydrogens (tertiary/aromatic N) is 5. The van der Waals surface area contributed by atoms with Crippen molar-refractivity contribution in [3.8, 4) is 10.6 Å². The summed E-state index contributed by atoms with van der Waals surface area (Å²) in [6.07, 6.45) is 6.02. The Labute approximate surface area is 157 Å². The summed E-state index contributed by atoms with van der Waals surface area (Å²) >= 11 is 4.83. The molecule has 0 spiro atoms. The number of hydrogen-bond acceptors (Lipinski definition) is 5. The largest absolute Gasteiger partial charge is 0.347 e. The zero-order valence-corrected chi connectivity index (χ0v) is 15.9. The topological polar surface area (TPSA) is 46.8 Å². The van der Waals surface area contributed by atoms with E-state index in [9.17, 15) is 4.39 Å². The Bertz CT molecular complexity index is 843. The highest BCUT2D eigenvalue weighted by Gasteiger charge is 2.23. The summed E-state index contributed by atoms with van der Waals surface area (Å²) in [5.41, 5.74) is 0.492. The van der Waals surface area contributed by atoms with E-state index < -0.39 is 0 Å². The van der Waals surface area contributed by atoms with E-state index in [2.05, 4.69) is 36.1 Å². The van der Waals surface area contributed by atoms with E-state index in [-0.39, 0.29) is 5.82 Å². The predicted molar refractivity (Wildman–Crippen MR) is 100 cm³/mol. The number of piperidine rings is 1. The Morgan fingerprint density at radius 1 is 1.24 bits per heavy atom. The summed E-state index contributed by atoms with van der Waals surface area (Å²) < 4.78 is 16.9. The standard InChI is InChI=1S/C17H17BrFN5S/c18-13-2-3-15(19)14(10-13)16-21-22-17(25-16)23-8-4-12(5-9-23)11-24-7-1-6-20-24/h1-3,6-7,10,12H,4-5,8-9,11H2. The first kappa shape index (κ1) is 16.7. The zero-order chi connectivity index (χ0) is 17.2. The minimum Gasteiger partial charge on any atom is -0.347 e. The molecule has 4 rings (SSSR count). The molecule has 8 heteroatoms. The van der Waals surface area contributed by atoms with E-state index in [4.69, 9.17) is 0 Å². The lowest BCUT2D eigenvalue weighted by atomic mass is 9.97. The average molecular weight is 422 g/mol. The van der Waals surface area contributed by atoms with Crippen molar-refractivity contribution in [1.29, 1.82) is 0 Å². The zero-order valence-electron chi connectivity index (χ0n) is 13.5. The smallest absolute Gasteiger partial charge is 0.208 e. The van der Waals surface area contributed by atoms with Crippen LogP contribution >= 0.6 is 27.3 Å². The molecule has 0 unspecified atom stereocenters. The van der Waals surface area contributed by atoms with E-state index in [0.717, 1.165) is 42.1 Å². The average Bonchev–Trinajstić information content (AvgIpc) is 3.30. The van der Waals surface area contributed by atoms with E-state index >= 15 is 0 Å². The van der Waals surface area contributed by atoms with Crippen LogP contribution in [-0.2, 0) is 6.54 Å². The van der Waals surface area contributed by atoms with Crippen molar-refractivity contribution in [2.75, 3.05) is 18.0 Å². The third kappa shape index (κ3) is 3.74. The van der Waals surface area contributed by atoms with Crippen LogP contribution < -0.4 is 4.90 Å². The van der Waals surface area contributed by atoms with Crippen LogP contribution in [0.2, 0.25) is 0 Å². The molecule has 130 valence electrons. The van der Waals surface area contributed by atoms with Gasteiger partial charge >= 0.3 is 0 Å². The van der Waals surface area contributed by atoms with Gasteiger partial charge in [-0.2, -0.15) is 5.10 Å². The van der Waals surface area contributed by atoms with Crippen molar-refractivity contribution in [3.05, 3.63) is 46.9 Å². The monoisotopic (exact) mass is 421 g/mol. The Morgan fingerprint density at radius 3 is 2.84 bits per heavy atom. The summed E-state index contributed by atoms with van der Waals surface area (Å²) in [5.74, 6) is 0.356. The Kier molecular flexibility index (Phi) is 4.80. The number of anilines is 1. The van der Waals surface area contributed by atoms with Gasteiger partial charge in [0.1, 0.15) is 5.82 Å². The van der Waals surface area contributed by atoms with Crippen LogP contribution in [0, 0.1) is 11.7 Å². The maximum absolute atomic E-state index is 14.0. The quantitative estimate of drug-likeness (QED) is 0.632. The first-order valence-electron chi connectivity index (χ1n) is 8.20. The molecule has 2 aromatic heterocycles. The molecule has 0 aliphatic carbocycles. The lowest BCUT2D eigenvalue weighted by Gasteiger charge is -2.31. The summed E-state index contributed by atoms with van der Waals surface area (Å²) in [7, 11) is 0. The molecule has 1 saturated heterocycles. The van der Waals surface area contributed by atoms with Gasteiger partial charge in [0.2, 0.25) is 5.13 Å². The second kappa shape index (κ2) is 7.21. The van der Waals surface area contributed by atoms with Gasteiger partial charge in [-0.3, -0.25) is 4.68 Å². The molecule has 25 heavy (non-hydrogen) atoms. The van der Waals surface area contributed by atoms with Crippen LogP contribution in [-0.4, -0.2) is 33.1 Å². The van der Waals surface area contributed by atoms with Gasteiger partial charge in [0.15, 0.2) is 5.01 Å². The van der Waals surface area contributed by atoms with Crippen LogP contribution in [0.5, 0.6) is 0 Å². The lowest BCUT2D eigenvalue weighted by Crippen LogP contribution is -2.35. The SMILES string of the molecule is Fc1ccc(Br)cc1-c1nnc(N2CCC(Cn3cccn3)CC2)s1. The fraction of sp³-hybridized carbons (Fsp3) is 0.353. The molecule has 0 radical (unpaired) electrons. The van der Waals surface area contributed by atoms with Crippen molar-refractivity contribution in [2.24, 2.45) is 5.92 Å². The van der Waals surface area contributed by atoms with Gasteiger partial charge in [0.25, 0.3) is 0 Å². The van der Waals surface area contributed by atoms with E-state index in [1.807, 2.05) is 23.1 Å². The van der Waals surface area contributed by atoms with Crippen molar-refractivity contribution in [3.63, 3.8) is 0 Å². The van der Waals surface area contributed by atoms with Gasteiger partial charge in [0.05, 0.1) is 0 Å². The number of rotatable bonds is 4. The molecule has 3 heterocycles. The van der Waals surface area contributed by atoms with Crippen molar-refractivity contribution in [2.45, 2.75) is 19.4 Å². The molecule has 0 amide bonds. The fourth-order valence-electron chi connectivity index (χ4n) is 3.09. The molecular formula is C17H17BrFN5S. The number of benzene rings is 1. The van der Waals surface area contributed by atoms with Crippen LogP contribution in [0.3, 0.4) is 0 Å². The first-order chi connectivity index (χ1) is 12.2. The van der Waals surface area contributed by atoms with E-state index in [0.29, 0.717) is 16.5 Å². The van der Waals surface area contributed by atoms with Gasteiger partial charge in [-0.25, -0.2) is 4.39 Å². The number of hydrogen-bond donors (Lipinski definition) is 0. The Hall–Kier alpha value is -1.80. The second-order valence-electron chi connectivity index (χ2n) is 6.17. The summed E-state index contributed by atoms with van der Waals surface area (Å²) in [6.45, 7) is 2.86. The molecule has 1 aromatic carbocycles. The minimum absolute atomic E-state index is 0.274. The summed E-state index contributed by atoms with van der Waals surface area (Å²) in [5, 5.41) is 14.2. The lowest BCUT2D eigenvalue weighted by molar-refractivity contribution is 0.342. The summed E-state index contributed by atoms with van der Waals surface area (Å²) in [6, 6.07) is 6.83. The molecule has 0 N–H and O–H groups in total. The molecule has 1 aliphatic rings. The third-order valence-electron chi connectivity index (χ3n) is 4.46. The predicted octanol–water partition coefficient (Wildman–Crippen LogP) is 4.22. The van der Waals surface area contributed by atoms with Crippen LogP contribution in [0.15, 0.2) is 41.1 Å². The van der Waals surface area contributed by atoms with E-state index in [1.54, 1.807) is 12.1 Å². The van der Waals surface area contributed by atoms with Crippen molar-refractivity contribution < 1.29 is 4.39 Å². The van der Waals surface area contributed by atoms with Crippen LogP contribution in [0.25, 0.3) is 10.6 Å². The third-order valence-corrected chi connectivity index (χ3v) is 5.97. The molecule has 0 atom stereocenters. The maximum Gasteiger partial charge on any atom is 0.208 e. The molecule has 1 fully saturated rings. The normalized spacial score (nSPS) is 15.7. The molecule has 1 aliphatic heterocycles. The highest BCUT2D eigenvalue weighted by atomic mass is 79.9. The van der Waals surface area contributed by atoms with Gasteiger partial charge in [-0.05, 0) is 43.0 Å². The fourth-order valence-corrected chi connectivity index (χ4v) is 4.37. The first-order valence-corrected chi connectivity index (χ1v) is 9.81. The number of aromatic nitrogens is 4. The second-order valence-corrected chi connectivity index (χ2v) is 8.04. The molecule has 5 nitrogen and oxygen atoms in total. The maximum atomic E-state index is 14.0. The van der Waals surface area contributed by atoms with Gasteiger partial charge < -0.3 is 4.90 Å². The van der Waals surface area contributed by atoms with Gasteiger partial charge in [0, 0.05) is 42.1 Å². The van der Waals surface area contributed by atoms with Crippen molar-refractivity contribution in [1.82, 2.24) is 20.0 Å². The molecule has 0 saturated carbocycles. The molecule has 3 aromatic rings. The molecule has 0 bridgehead atoms. The highest BCUT2D eigenvalue weighted by molar-refractivity contribution is 9.10. The summed E-state index contributed by atoms with van der Waals surface area (Å²) in [4.78, 5) is 2.25. The highest BCUT2D eigenvalue weighted by Crippen LogP contribution is 2.33. The minimum atomic E-state index is -0.274. The van der Waals surface area contributed by atoms with Crippen molar-refractivity contribution >= 4 is 32.4 Å².